The van der Waals surface area contributed by atoms with Crippen LogP contribution in [-0.2, 0) is 0 Å². The van der Waals surface area contributed by atoms with Crippen molar-refractivity contribution in [3.63, 3.8) is 0 Å². The third-order valence-corrected chi connectivity index (χ3v) is 3.65. The summed E-state index contributed by atoms with van der Waals surface area (Å²) in [6.07, 6.45) is 3.37. The van der Waals surface area contributed by atoms with Gasteiger partial charge >= 0.3 is 0 Å². The van der Waals surface area contributed by atoms with Gasteiger partial charge < -0.3 is 5.11 Å². The zero-order valence-corrected chi connectivity index (χ0v) is 7.61. The highest BCUT2D eigenvalue weighted by Gasteiger charge is 2.38. The predicted molar refractivity (Wildman–Crippen MR) is 51.8 cm³/mol. The van der Waals surface area contributed by atoms with E-state index in [1.54, 1.807) is 0 Å². The average Bonchev–Trinajstić information content (AvgIpc) is 2.19. The normalized spacial score (nSPS) is 35.9. The topological polar surface area (TPSA) is 20.2 Å². The van der Waals surface area contributed by atoms with Crippen LogP contribution in [0.5, 0.6) is 0 Å². The fraction of sp³-hybridized carbons (Fsp3) is 0.500. The van der Waals surface area contributed by atoms with E-state index >= 15 is 0 Å². The predicted octanol–water partition coefficient (Wildman–Crippen LogP) is 2.41. The molecule has 2 bridgehead atoms. The Hall–Kier alpha value is -0.820. The maximum absolute atomic E-state index is 9.85. The summed E-state index contributed by atoms with van der Waals surface area (Å²) in [6.45, 7) is 0. The summed E-state index contributed by atoms with van der Waals surface area (Å²) in [5.41, 5.74) is 2.92. The average molecular weight is 174 g/mol. The second kappa shape index (κ2) is 2.58. The summed E-state index contributed by atoms with van der Waals surface area (Å²) in [5, 5.41) is 9.85. The highest BCUT2D eigenvalue weighted by atomic mass is 16.3. The second-order valence-electron chi connectivity index (χ2n) is 4.31. The molecule has 0 aliphatic heterocycles. The van der Waals surface area contributed by atoms with E-state index in [1.807, 2.05) is 0 Å². The highest BCUT2D eigenvalue weighted by Crippen LogP contribution is 2.48. The molecule has 0 unspecified atom stereocenters. The van der Waals surface area contributed by atoms with E-state index in [0.29, 0.717) is 11.8 Å². The molecule has 68 valence electrons. The summed E-state index contributed by atoms with van der Waals surface area (Å²) >= 11 is 0. The molecule has 0 spiro atoms. The van der Waals surface area contributed by atoms with E-state index in [4.69, 9.17) is 0 Å². The van der Waals surface area contributed by atoms with Gasteiger partial charge in [0, 0.05) is 5.92 Å². The van der Waals surface area contributed by atoms with Gasteiger partial charge in [-0.3, -0.25) is 0 Å². The summed E-state index contributed by atoms with van der Waals surface area (Å²) in [6, 6.07) is 8.63. The minimum Gasteiger partial charge on any atom is -0.392 e. The van der Waals surface area contributed by atoms with E-state index in [2.05, 4.69) is 24.3 Å². The van der Waals surface area contributed by atoms with Gasteiger partial charge in [-0.2, -0.15) is 0 Å². The standard InChI is InChI=1S/C12H14O/c13-12-7-8-5-6-11(12)10-4-2-1-3-9(8)10/h1-4,8,11-13H,5-7H2/t8-,11-,12+/m1/s1. The first kappa shape index (κ1) is 7.57. The Bertz CT molecular complexity index is 332. The zero-order valence-electron chi connectivity index (χ0n) is 7.61. The SMILES string of the molecule is O[C@H]1C[C@H]2CC[C@@H]1c1ccccc12. The molecule has 13 heavy (non-hydrogen) atoms. The molecule has 1 nitrogen and oxygen atoms in total. The van der Waals surface area contributed by atoms with Crippen LogP contribution in [-0.4, -0.2) is 11.2 Å². The first-order chi connectivity index (χ1) is 6.36. The van der Waals surface area contributed by atoms with E-state index in [9.17, 15) is 5.11 Å². The van der Waals surface area contributed by atoms with Crippen molar-refractivity contribution in [3.8, 4) is 0 Å². The third-order valence-electron chi connectivity index (χ3n) is 3.65. The molecule has 1 saturated carbocycles. The molecule has 1 N–H and O–H groups in total. The van der Waals surface area contributed by atoms with Gasteiger partial charge in [-0.05, 0) is 36.3 Å². The molecule has 1 heteroatoms. The van der Waals surface area contributed by atoms with Gasteiger partial charge in [-0.1, -0.05) is 24.3 Å². The van der Waals surface area contributed by atoms with Crippen molar-refractivity contribution < 1.29 is 5.11 Å². The van der Waals surface area contributed by atoms with Gasteiger partial charge in [-0.25, -0.2) is 0 Å². The summed E-state index contributed by atoms with van der Waals surface area (Å²) < 4.78 is 0. The molecule has 3 aliphatic rings. The lowest BCUT2D eigenvalue weighted by atomic mass is 9.66. The fourth-order valence-corrected chi connectivity index (χ4v) is 3.01. The Balaban J connectivity index is 2.16. The Morgan fingerprint density at radius 2 is 1.85 bits per heavy atom. The van der Waals surface area contributed by atoms with Gasteiger partial charge in [0.05, 0.1) is 6.10 Å². The van der Waals surface area contributed by atoms with Crippen LogP contribution in [0.3, 0.4) is 0 Å². The zero-order chi connectivity index (χ0) is 8.84. The molecular formula is C12H14O. The number of aliphatic hydroxyl groups excluding tert-OH is 1. The van der Waals surface area contributed by atoms with Crippen molar-refractivity contribution in [3.05, 3.63) is 35.4 Å². The monoisotopic (exact) mass is 174 g/mol. The van der Waals surface area contributed by atoms with Crippen molar-refractivity contribution in [1.82, 2.24) is 0 Å². The second-order valence-corrected chi connectivity index (χ2v) is 4.31. The minimum absolute atomic E-state index is 0.0753. The smallest absolute Gasteiger partial charge is 0.0614 e. The Morgan fingerprint density at radius 1 is 1.08 bits per heavy atom. The highest BCUT2D eigenvalue weighted by molar-refractivity contribution is 5.39. The van der Waals surface area contributed by atoms with Crippen LogP contribution in [0.1, 0.15) is 42.2 Å². The molecule has 0 amide bonds. The number of hydrogen-bond acceptors (Lipinski definition) is 1. The van der Waals surface area contributed by atoms with Gasteiger partial charge in [0.25, 0.3) is 0 Å². The molecule has 0 heterocycles. The van der Waals surface area contributed by atoms with Crippen molar-refractivity contribution in [2.45, 2.75) is 37.2 Å². The van der Waals surface area contributed by atoms with E-state index in [1.165, 1.54) is 24.0 Å². The molecule has 4 rings (SSSR count). The van der Waals surface area contributed by atoms with Crippen LogP contribution in [0.4, 0.5) is 0 Å². The van der Waals surface area contributed by atoms with Crippen molar-refractivity contribution in [2.24, 2.45) is 0 Å². The van der Waals surface area contributed by atoms with Crippen molar-refractivity contribution in [2.75, 3.05) is 0 Å². The van der Waals surface area contributed by atoms with Gasteiger partial charge in [0.1, 0.15) is 0 Å². The number of hydrogen-bond donors (Lipinski definition) is 1. The van der Waals surface area contributed by atoms with E-state index in [0.717, 1.165) is 6.42 Å². The molecule has 0 aromatic heterocycles. The first-order valence-electron chi connectivity index (χ1n) is 5.13. The number of benzene rings is 1. The summed E-state index contributed by atoms with van der Waals surface area (Å²) in [5.74, 6) is 1.07. The van der Waals surface area contributed by atoms with Gasteiger partial charge in [0.2, 0.25) is 0 Å². The van der Waals surface area contributed by atoms with Crippen LogP contribution >= 0.6 is 0 Å². The lowest BCUT2D eigenvalue weighted by Crippen LogP contribution is -2.33. The Kier molecular flexibility index (Phi) is 1.50. The lowest BCUT2D eigenvalue weighted by Gasteiger charge is -2.41. The molecule has 3 aliphatic carbocycles. The molecule has 3 atom stereocenters. The van der Waals surface area contributed by atoms with Crippen molar-refractivity contribution >= 4 is 0 Å². The maximum Gasteiger partial charge on any atom is 0.0614 e. The van der Waals surface area contributed by atoms with E-state index in [-0.39, 0.29) is 6.10 Å². The Labute approximate surface area is 78.4 Å². The van der Waals surface area contributed by atoms with Crippen LogP contribution in [0.2, 0.25) is 0 Å². The molecular weight excluding hydrogens is 160 g/mol. The number of aliphatic hydroxyl groups is 1. The molecule has 0 saturated heterocycles. The number of rotatable bonds is 0. The largest absolute Gasteiger partial charge is 0.392 e. The van der Waals surface area contributed by atoms with Gasteiger partial charge in [-0.15, -0.1) is 0 Å². The first-order valence-corrected chi connectivity index (χ1v) is 5.13. The molecule has 0 radical (unpaired) electrons. The summed E-state index contributed by atoms with van der Waals surface area (Å²) in [4.78, 5) is 0. The molecule has 1 aromatic rings. The van der Waals surface area contributed by atoms with Crippen LogP contribution in [0.25, 0.3) is 0 Å². The Morgan fingerprint density at radius 3 is 2.62 bits per heavy atom. The third kappa shape index (κ3) is 0.969. The van der Waals surface area contributed by atoms with Crippen LogP contribution in [0, 0.1) is 0 Å². The fourth-order valence-electron chi connectivity index (χ4n) is 3.01. The molecule has 1 aromatic carbocycles. The van der Waals surface area contributed by atoms with Crippen LogP contribution in [0.15, 0.2) is 24.3 Å². The van der Waals surface area contributed by atoms with E-state index < -0.39 is 0 Å². The minimum atomic E-state index is -0.0753. The number of fused-ring (bicyclic) bond motifs is 2. The maximum atomic E-state index is 9.85. The van der Waals surface area contributed by atoms with Gasteiger partial charge in [0.15, 0.2) is 0 Å². The van der Waals surface area contributed by atoms with Crippen LogP contribution < -0.4 is 0 Å². The van der Waals surface area contributed by atoms with Crippen molar-refractivity contribution in [1.29, 1.82) is 0 Å². The quantitative estimate of drug-likeness (QED) is 0.640. The summed E-state index contributed by atoms with van der Waals surface area (Å²) in [7, 11) is 0. The molecule has 1 fully saturated rings. The lowest BCUT2D eigenvalue weighted by molar-refractivity contribution is 0.0836.